The van der Waals surface area contributed by atoms with Crippen LogP contribution in [0.5, 0.6) is 5.88 Å². The summed E-state index contributed by atoms with van der Waals surface area (Å²) < 4.78 is 6.68. The van der Waals surface area contributed by atoms with Crippen molar-refractivity contribution in [1.82, 2.24) is 19.9 Å². The fraction of sp³-hybridized carbons (Fsp3) is 0.278. The number of halogens is 1. The Morgan fingerprint density at radius 2 is 2.00 bits per heavy atom. The molecule has 0 amide bonds. The van der Waals surface area contributed by atoms with Crippen LogP contribution in [0.2, 0.25) is 0 Å². The first kappa shape index (κ1) is 17.6. The molecule has 7 heteroatoms. The molecule has 1 aromatic carbocycles. The lowest BCUT2D eigenvalue weighted by molar-refractivity contribution is 0.253. The Labute approximate surface area is 155 Å². The van der Waals surface area contributed by atoms with Gasteiger partial charge in [0.25, 0.3) is 0 Å². The zero-order valence-corrected chi connectivity index (χ0v) is 15.8. The number of hydrogen-bond donors (Lipinski definition) is 1. The van der Waals surface area contributed by atoms with Gasteiger partial charge in [-0.25, -0.2) is 15.0 Å². The predicted molar refractivity (Wildman–Crippen MR) is 103 cm³/mol. The van der Waals surface area contributed by atoms with E-state index < -0.39 is 0 Å². The van der Waals surface area contributed by atoms with Crippen LogP contribution >= 0.6 is 15.9 Å². The van der Waals surface area contributed by atoms with E-state index in [1.807, 2.05) is 44.4 Å². The SMILES string of the molecule is CN(C)CCOc1cc(CNc2ncnc3ccc(Br)cc23)ccn1. The fourth-order valence-electron chi connectivity index (χ4n) is 2.33. The fourth-order valence-corrected chi connectivity index (χ4v) is 2.69. The summed E-state index contributed by atoms with van der Waals surface area (Å²) in [7, 11) is 4.03. The quantitative estimate of drug-likeness (QED) is 0.654. The zero-order valence-electron chi connectivity index (χ0n) is 14.2. The average molecular weight is 402 g/mol. The minimum absolute atomic E-state index is 0.613. The van der Waals surface area contributed by atoms with E-state index in [0.29, 0.717) is 19.0 Å². The van der Waals surface area contributed by atoms with E-state index >= 15 is 0 Å². The second-order valence-electron chi connectivity index (χ2n) is 5.89. The van der Waals surface area contributed by atoms with Gasteiger partial charge >= 0.3 is 0 Å². The first-order valence-electron chi connectivity index (χ1n) is 7.98. The highest BCUT2D eigenvalue weighted by Crippen LogP contribution is 2.23. The number of anilines is 1. The molecular weight excluding hydrogens is 382 g/mol. The summed E-state index contributed by atoms with van der Waals surface area (Å²) in [6.07, 6.45) is 3.33. The van der Waals surface area contributed by atoms with Crippen LogP contribution in [0.1, 0.15) is 5.56 Å². The first-order chi connectivity index (χ1) is 12.1. The Balaban J connectivity index is 1.69. The third kappa shape index (κ3) is 4.87. The lowest BCUT2D eigenvalue weighted by Gasteiger charge is -2.12. The molecule has 0 radical (unpaired) electrons. The first-order valence-corrected chi connectivity index (χ1v) is 8.78. The van der Waals surface area contributed by atoms with Crippen LogP contribution < -0.4 is 10.1 Å². The Morgan fingerprint density at radius 1 is 1.12 bits per heavy atom. The number of rotatable bonds is 7. The number of hydrogen-bond acceptors (Lipinski definition) is 6. The number of pyridine rings is 1. The van der Waals surface area contributed by atoms with Gasteiger partial charge in [0.15, 0.2) is 0 Å². The van der Waals surface area contributed by atoms with Gasteiger partial charge in [0.05, 0.1) is 5.52 Å². The summed E-state index contributed by atoms with van der Waals surface area (Å²) in [6.45, 7) is 2.10. The molecule has 0 bridgehead atoms. The van der Waals surface area contributed by atoms with Crippen molar-refractivity contribution < 1.29 is 4.74 Å². The van der Waals surface area contributed by atoms with E-state index in [9.17, 15) is 0 Å². The molecule has 2 heterocycles. The number of benzene rings is 1. The van der Waals surface area contributed by atoms with Gasteiger partial charge in [-0.05, 0) is 43.9 Å². The van der Waals surface area contributed by atoms with Crippen molar-refractivity contribution in [3.8, 4) is 5.88 Å². The van der Waals surface area contributed by atoms with Crippen LogP contribution in [0.15, 0.2) is 47.3 Å². The second kappa shape index (κ2) is 8.22. The van der Waals surface area contributed by atoms with Crippen LogP contribution in [0, 0.1) is 0 Å². The van der Waals surface area contributed by atoms with Gasteiger partial charge in [0.2, 0.25) is 5.88 Å². The van der Waals surface area contributed by atoms with Gasteiger partial charge in [0, 0.05) is 35.2 Å². The van der Waals surface area contributed by atoms with Gasteiger partial charge in [-0.2, -0.15) is 0 Å². The molecule has 0 aliphatic rings. The second-order valence-corrected chi connectivity index (χ2v) is 6.81. The molecular formula is C18H20BrN5O. The zero-order chi connectivity index (χ0) is 17.6. The number of aromatic nitrogens is 3. The van der Waals surface area contributed by atoms with Crippen molar-refractivity contribution >= 4 is 32.7 Å². The van der Waals surface area contributed by atoms with Crippen molar-refractivity contribution in [2.24, 2.45) is 0 Å². The largest absolute Gasteiger partial charge is 0.476 e. The molecule has 1 N–H and O–H groups in total. The molecule has 0 saturated heterocycles. The van der Waals surface area contributed by atoms with Crippen LogP contribution in [-0.4, -0.2) is 47.1 Å². The van der Waals surface area contributed by atoms with Gasteiger partial charge < -0.3 is 15.0 Å². The number of nitrogens with one attached hydrogen (secondary N) is 1. The molecule has 0 atom stereocenters. The van der Waals surface area contributed by atoms with Crippen molar-refractivity contribution in [3.05, 3.63) is 52.9 Å². The highest BCUT2D eigenvalue weighted by atomic mass is 79.9. The number of ether oxygens (including phenoxy) is 1. The lowest BCUT2D eigenvalue weighted by atomic mass is 10.2. The minimum atomic E-state index is 0.613. The normalized spacial score (nSPS) is 11.0. The summed E-state index contributed by atoms with van der Waals surface area (Å²) in [5.74, 6) is 1.44. The molecule has 0 fully saturated rings. The van der Waals surface area contributed by atoms with Crippen molar-refractivity contribution in [2.45, 2.75) is 6.54 Å². The van der Waals surface area contributed by atoms with Crippen LogP contribution in [0.4, 0.5) is 5.82 Å². The van der Waals surface area contributed by atoms with Gasteiger partial charge in [0.1, 0.15) is 18.8 Å². The maximum absolute atomic E-state index is 5.68. The Hall–Kier alpha value is -2.25. The molecule has 0 saturated carbocycles. The van der Waals surface area contributed by atoms with E-state index in [0.717, 1.165) is 33.3 Å². The smallest absolute Gasteiger partial charge is 0.213 e. The van der Waals surface area contributed by atoms with Crippen LogP contribution in [0.25, 0.3) is 10.9 Å². The molecule has 0 aliphatic carbocycles. The third-order valence-electron chi connectivity index (χ3n) is 3.65. The molecule has 3 rings (SSSR count). The maximum atomic E-state index is 5.68. The number of fused-ring (bicyclic) bond motifs is 1. The maximum Gasteiger partial charge on any atom is 0.213 e. The lowest BCUT2D eigenvalue weighted by Crippen LogP contribution is -2.19. The van der Waals surface area contributed by atoms with Crippen molar-refractivity contribution in [3.63, 3.8) is 0 Å². The molecule has 130 valence electrons. The summed E-state index contributed by atoms with van der Waals surface area (Å²) >= 11 is 3.49. The molecule has 0 spiro atoms. The highest BCUT2D eigenvalue weighted by molar-refractivity contribution is 9.10. The van der Waals surface area contributed by atoms with Gasteiger partial charge in [-0.1, -0.05) is 15.9 Å². The predicted octanol–water partition coefficient (Wildman–Crippen LogP) is 3.34. The summed E-state index contributed by atoms with van der Waals surface area (Å²) in [4.78, 5) is 15.0. The van der Waals surface area contributed by atoms with Crippen LogP contribution in [0.3, 0.4) is 0 Å². The molecule has 6 nitrogen and oxygen atoms in total. The van der Waals surface area contributed by atoms with E-state index in [1.54, 1.807) is 12.5 Å². The Bertz CT molecular complexity index is 856. The van der Waals surface area contributed by atoms with Crippen molar-refractivity contribution in [2.75, 3.05) is 32.6 Å². The average Bonchev–Trinajstić information content (AvgIpc) is 2.60. The highest BCUT2D eigenvalue weighted by Gasteiger charge is 2.05. The Kier molecular flexibility index (Phi) is 5.78. The van der Waals surface area contributed by atoms with E-state index in [2.05, 4.69) is 41.1 Å². The van der Waals surface area contributed by atoms with Gasteiger partial charge in [-0.3, -0.25) is 0 Å². The number of nitrogens with zero attached hydrogens (tertiary/aromatic N) is 4. The molecule has 3 aromatic rings. The molecule has 25 heavy (non-hydrogen) atoms. The van der Waals surface area contributed by atoms with E-state index in [1.165, 1.54) is 0 Å². The monoisotopic (exact) mass is 401 g/mol. The van der Waals surface area contributed by atoms with Gasteiger partial charge in [-0.15, -0.1) is 0 Å². The molecule has 0 aliphatic heterocycles. The van der Waals surface area contributed by atoms with Crippen molar-refractivity contribution in [1.29, 1.82) is 0 Å². The summed E-state index contributed by atoms with van der Waals surface area (Å²) in [5, 5.41) is 4.35. The minimum Gasteiger partial charge on any atom is -0.476 e. The standard InChI is InChI=1S/C18H20BrN5O/c1-24(2)7-8-25-17-9-13(5-6-20-17)11-21-18-15-10-14(19)3-4-16(15)22-12-23-18/h3-6,9-10,12H,7-8,11H2,1-2H3,(H,21,22,23). The van der Waals surface area contributed by atoms with E-state index in [-0.39, 0.29) is 0 Å². The number of likely N-dealkylation sites (N-methyl/N-ethyl adjacent to an activating group) is 1. The Morgan fingerprint density at radius 3 is 2.84 bits per heavy atom. The topological polar surface area (TPSA) is 63.2 Å². The van der Waals surface area contributed by atoms with E-state index in [4.69, 9.17) is 4.74 Å². The third-order valence-corrected chi connectivity index (χ3v) is 4.14. The van der Waals surface area contributed by atoms with Crippen LogP contribution in [-0.2, 0) is 6.54 Å². The summed E-state index contributed by atoms with van der Waals surface area (Å²) in [6, 6.07) is 9.86. The molecule has 2 aromatic heterocycles. The molecule has 0 unspecified atom stereocenters. The summed E-state index contributed by atoms with van der Waals surface area (Å²) in [5.41, 5.74) is 1.99.